The van der Waals surface area contributed by atoms with Crippen molar-refractivity contribution in [3.05, 3.63) is 35.4 Å². The molecule has 3 heterocycles. The minimum Gasteiger partial charge on any atom is -0.349 e. The maximum absolute atomic E-state index is 12.6. The summed E-state index contributed by atoms with van der Waals surface area (Å²) in [4.78, 5) is 15.1. The minimum absolute atomic E-state index is 0. The van der Waals surface area contributed by atoms with Crippen LogP contribution in [0.1, 0.15) is 54.4 Å². The first-order valence-electron chi connectivity index (χ1n) is 9.14. The lowest BCUT2D eigenvalue weighted by molar-refractivity contribution is 0.0924. The summed E-state index contributed by atoms with van der Waals surface area (Å²) in [5.74, 6) is 0.0968. The molecule has 1 aromatic rings. The zero-order valence-corrected chi connectivity index (χ0v) is 16.2. The lowest BCUT2D eigenvalue weighted by Crippen LogP contribution is -2.48. The molecule has 3 fully saturated rings. The summed E-state index contributed by atoms with van der Waals surface area (Å²) in [5.41, 5.74) is 2.07. The van der Waals surface area contributed by atoms with Crippen LogP contribution in [0.3, 0.4) is 0 Å². The Morgan fingerprint density at radius 2 is 1.80 bits per heavy atom. The Bertz CT molecular complexity index is 566. The molecular formula is C19H29Cl2N3O. The fraction of sp³-hybridized carbons (Fsp3) is 0.632. The minimum atomic E-state index is 0. The number of nitrogens with zero attached hydrogens (tertiary/aromatic N) is 1. The topological polar surface area (TPSA) is 44.4 Å². The van der Waals surface area contributed by atoms with Gasteiger partial charge in [0.05, 0.1) is 0 Å². The number of hydrogen-bond acceptors (Lipinski definition) is 3. The number of fused-ring (bicyclic) bond motifs is 2. The molecule has 0 aromatic heterocycles. The van der Waals surface area contributed by atoms with Gasteiger partial charge in [0, 0.05) is 30.2 Å². The molecule has 0 radical (unpaired) electrons. The van der Waals surface area contributed by atoms with Crippen LogP contribution in [0, 0.1) is 0 Å². The summed E-state index contributed by atoms with van der Waals surface area (Å²) in [6.45, 7) is 3.35. The van der Waals surface area contributed by atoms with Gasteiger partial charge < -0.3 is 10.6 Å². The van der Waals surface area contributed by atoms with E-state index in [4.69, 9.17) is 0 Å². The van der Waals surface area contributed by atoms with Crippen molar-refractivity contribution in [3.63, 3.8) is 0 Å². The number of rotatable bonds is 4. The molecule has 25 heavy (non-hydrogen) atoms. The van der Waals surface area contributed by atoms with Gasteiger partial charge in [-0.2, -0.15) is 0 Å². The molecule has 2 bridgehead atoms. The van der Waals surface area contributed by atoms with E-state index >= 15 is 0 Å². The van der Waals surface area contributed by atoms with Crippen molar-refractivity contribution >= 4 is 30.7 Å². The maximum atomic E-state index is 12.6. The van der Waals surface area contributed by atoms with Gasteiger partial charge in [-0.3, -0.25) is 9.69 Å². The molecule has 4 nitrogen and oxygen atoms in total. The number of nitrogens with one attached hydrogen (secondary N) is 2. The average Bonchev–Trinajstić information content (AvgIpc) is 3.17. The smallest absolute Gasteiger partial charge is 0.251 e. The Hall–Kier alpha value is -0.810. The van der Waals surface area contributed by atoms with E-state index in [-0.39, 0.29) is 30.7 Å². The van der Waals surface area contributed by atoms with Crippen LogP contribution in [0.4, 0.5) is 0 Å². The summed E-state index contributed by atoms with van der Waals surface area (Å²) in [6, 6.07) is 9.73. The summed E-state index contributed by atoms with van der Waals surface area (Å²) >= 11 is 0. The third-order valence-corrected chi connectivity index (χ3v) is 5.60. The van der Waals surface area contributed by atoms with Crippen LogP contribution in [0.25, 0.3) is 0 Å². The highest BCUT2D eigenvalue weighted by Crippen LogP contribution is 2.27. The molecule has 3 saturated heterocycles. The molecule has 140 valence electrons. The summed E-state index contributed by atoms with van der Waals surface area (Å²) in [7, 11) is 0. The summed E-state index contributed by atoms with van der Waals surface area (Å²) in [5, 5.41) is 6.89. The van der Waals surface area contributed by atoms with Gasteiger partial charge in [0.2, 0.25) is 0 Å². The van der Waals surface area contributed by atoms with Crippen molar-refractivity contribution in [1.82, 2.24) is 15.5 Å². The molecule has 1 aromatic carbocycles. The van der Waals surface area contributed by atoms with Gasteiger partial charge in [-0.1, -0.05) is 12.1 Å². The maximum Gasteiger partial charge on any atom is 0.251 e. The highest BCUT2D eigenvalue weighted by atomic mass is 35.5. The van der Waals surface area contributed by atoms with Crippen molar-refractivity contribution in [1.29, 1.82) is 0 Å². The first-order chi connectivity index (χ1) is 11.3. The van der Waals surface area contributed by atoms with Crippen LogP contribution in [0.2, 0.25) is 0 Å². The van der Waals surface area contributed by atoms with E-state index < -0.39 is 0 Å². The Morgan fingerprint density at radius 1 is 1.12 bits per heavy atom. The molecule has 2 N–H and O–H groups in total. The van der Waals surface area contributed by atoms with Crippen LogP contribution in [0.5, 0.6) is 0 Å². The molecule has 2 unspecified atom stereocenters. The number of piperidine rings is 1. The molecule has 2 atom stereocenters. The lowest BCUT2D eigenvalue weighted by Gasteiger charge is -2.29. The molecule has 4 rings (SSSR count). The number of hydrogen-bond donors (Lipinski definition) is 2. The van der Waals surface area contributed by atoms with Crippen LogP contribution < -0.4 is 10.6 Å². The second-order valence-electron chi connectivity index (χ2n) is 7.46. The standard InChI is InChI=1S/C19H27N3O.2ClH/c23-19(21-18-11-16-6-7-17(12-18)20-16)15-5-3-4-14(10-15)13-22-8-1-2-9-22;;/h3-5,10,16-18,20H,1-2,6-9,11-13H2,(H,21,23);2*1H. The summed E-state index contributed by atoms with van der Waals surface area (Å²) in [6.07, 6.45) is 7.30. The van der Waals surface area contributed by atoms with Crippen molar-refractivity contribution in [3.8, 4) is 0 Å². The molecule has 1 amide bonds. The normalized spacial score (nSPS) is 28.1. The van der Waals surface area contributed by atoms with E-state index in [9.17, 15) is 4.79 Å². The van der Waals surface area contributed by atoms with Gasteiger partial charge in [-0.05, 0) is 69.3 Å². The van der Waals surface area contributed by atoms with Crippen LogP contribution in [0.15, 0.2) is 24.3 Å². The third kappa shape index (κ3) is 5.10. The number of benzene rings is 1. The average molecular weight is 386 g/mol. The highest BCUT2D eigenvalue weighted by Gasteiger charge is 2.34. The number of carbonyl (C=O) groups is 1. The van der Waals surface area contributed by atoms with Gasteiger partial charge in [-0.25, -0.2) is 0 Å². The van der Waals surface area contributed by atoms with E-state index in [1.807, 2.05) is 12.1 Å². The monoisotopic (exact) mass is 385 g/mol. The van der Waals surface area contributed by atoms with E-state index in [1.54, 1.807) is 0 Å². The lowest BCUT2D eigenvalue weighted by atomic mass is 9.99. The Kier molecular flexibility index (Phi) is 7.56. The summed E-state index contributed by atoms with van der Waals surface area (Å²) < 4.78 is 0. The number of halogens is 2. The predicted molar refractivity (Wildman–Crippen MR) is 106 cm³/mol. The van der Waals surface area contributed by atoms with Crippen LogP contribution >= 0.6 is 24.8 Å². The second kappa shape index (κ2) is 9.22. The van der Waals surface area contributed by atoms with E-state index in [0.717, 1.165) is 24.9 Å². The Labute approximate surface area is 162 Å². The fourth-order valence-corrected chi connectivity index (χ4v) is 4.45. The highest BCUT2D eigenvalue weighted by molar-refractivity contribution is 5.94. The second-order valence-corrected chi connectivity index (χ2v) is 7.46. The van der Waals surface area contributed by atoms with Gasteiger partial charge in [0.25, 0.3) is 5.91 Å². The van der Waals surface area contributed by atoms with Crippen molar-refractivity contribution in [2.75, 3.05) is 13.1 Å². The van der Waals surface area contributed by atoms with Gasteiger partial charge in [-0.15, -0.1) is 24.8 Å². The Balaban J connectivity index is 0.00000113. The van der Waals surface area contributed by atoms with E-state index in [0.29, 0.717) is 18.1 Å². The molecule has 0 spiro atoms. The van der Waals surface area contributed by atoms with E-state index in [1.165, 1.54) is 44.3 Å². The fourth-order valence-electron chi connectivity index (χ4n) is 4.45. The SMILES string of the molecule is Cl.Cl.O=C(NC1CC2CCC(C1)N2)c1cccc(CN2CCCC2)c1. The first-order valence-corrected chi connectivity index (χ1v) is 9.14. The molecule has 0 saturated carbocycles. The van der Waals surface area contributed by atoms with Crippen molar-refractivity contribution in [2.45, 2.75) is 63.2 Å². The number of likely N-dealkylation sites (tertiary alicyclic amines) is 1. The molecular weight excluding hydrogens is 357 g/mol. The molecule has 3 aliphatic heterocycles. The Morgan fingerprint density at radius 3 is 2.48 bits per heavy atom. The van der Waals surface area contributed by atoms with Crippen molar-refractivity contribution < 1.29 is 4.79 Å². The van der Waals surface area contributed by atoms with Crippen LogP contribution in [-0.4, -0.2) is 42.0 Å². The van der Waals surface area contributed by atoms with Crippen molar-refractivity contribution in [2.24, 2.45) is 0 Å². The zero-order valence-electron chi connectivity index (χ0n) is 14.6. The van der Waals surface area contributed by atoms with Gasteiger partial charge >= 0.3 is 0 Å². The number of carbonyl (C=O) groups excluding carboxylic acids is 1. The number of amides is 1. The molecule has 3 aliphatic rings. The van der Waals surface area contributed by atoms with Gasteiger partial charge in [0.1, 0.15) is 0 Å². The predicted octanol–water partition coefficient (Wildman–Crippen LogP) is 3.14. The quantitative estimate of drug-likeness (QED) is 0.836. The van der Waals surface area contributed by atoms with Gasteiger partial charge in [0.15, 0.2) is 0 Å². The zero-order chi connectivity index (χ0) is 15.6. The molecule has 0 aliphatic carbocycles. The largest absolute Gasteiger partial charge is 0.349 e. The molecule has 6 heteroatoms. The van der Waals surface area contributed by atoms with E-state index in [2.05, 4.69) is 27.7 Å². The first kappa shape index (κ1) is 20.5. The third-order valence-electron chi connectivity index (χ3n) is 5.60. The van der Waals surface area contributed by atoms with Crippen LogP contribution in [-0.2, 0) is 6.54 Å².